The van der Waals surface area contributed by atoms with Crippen LogP contribution in [0.4, 0.5) is 0 Å². The minimum Gasteiger partial charge on any atom is -0.350 e. The highest BCUT2D eigenvalue weighted by molar-refractivity contribution is 6.07. The van der Waals surface area contributed by atoms with Crippen LogP contribution >= 0.6 is 0 Å². The predicted octanol–water partition coefficient (Wildman–Crippen LogP) is 2.80. The number of likely N-dealkylation sites (N-methyl/N-ethyl adjacent to an activating group) is 1. The summed E-state index contributed by atoms with van der Waals surface area (Å²) in [6, 6.07) is 3.73. The maximum atomic E-state index is 13.6. The highest BCUT2D eigenvalue weighted by Gasteiger charge is 2.39. The van der Waals surface area contributed by atoms with Crippen LogP contribution in [0.5, 0.6) is 0 Å². The molecule has 4 heterocycles. The monoisotopic (exact) mass is 447 g/mol. The average molecular weight is 448 g/mol. The standard InChI is InChI=1S/C25H33N7O/c1-19-7-12-26-22-21(19)20(17-32(22)24-27-10-6-11-28-24)23(33)29-18-25(8-4-3-5-9-25)31-15-13-30(2)14-16-31/h6-7,10-12,17H,3-5,8-9,13-16,18H2,1-2H3,(H,29,33). The molecule has 1 amide bonds. The third-order valence-corrected chi connectivity index (χ3v) is 7.44. The SMILES string of the molecule is Cc1ccnc2c1c(C(=O)NCC1(N3CCN(C)CC3)CCCCC1)cn2-c1ncccn1. The second-order valence-corrected chi connectivity index (χ2v) is 9.55. The van der Waals surface area contributed by atoms with E-state index in [0.29, 0.717) is 23.7 Å². The highest BCUT2D eigenvalue weighted by Crippen LogP contribution is 2.34. The topological polar surface area (TPSA) is 79.2 Å². The van der Waals surface area contributed by atoms with Gasteiger partial charge in [-0.25, -0.2) is 15.0 Å². The van der Waals surface area contributed by atoms with Gasteiger partial charge in [0.1, 0.15) is 5.65 Å². The Labute approximate surface area is 195 Å². The summed E-state index contributed by atoms with van der Waals surface area (Å²) in [4.78, 5) is 31.9. The van der Waals surface area contributed by atoms with Gasteiger partial charge >= 0.3 is 0 Å². The van der Waals surface area contributed by atoms with Gasteiger partial charge in [0.05, 0.1) is 5.56 Å². The van der Waals surface area contributed by atoms with E-state index >= 15 is 0 Å². The van der Waals surface area contributed by atoms with Crippen LogP contribution in [0, 0.1) is 6.92 Å². The number of nitrogens with one attached hydrogen (secondary N) is 1. The molecule has 8 nitrogen and oxygen atoms in total. The third kappa shape index (κ3) is 4.25. The van der Waals surface area contributed by atoms with E-state index in [1.807, 2.05) is 23.8 Å². The maximum Gasteiger partial charge on any atom is 0.253 e. The molecule has 0 radical (unpaired) electrons. The van der Waals surface area contributed by atoms with Crippen molar-refractivity contribution in [3.8, 4) is 5.95 Å². The van der Waals surface area contributed by atoms with E-state index in [9.17, 15) is 4.79 Å². The van der Waals surface area contributed by atoms with Gasteiger partial charge in [0, 0.05) is 68.4 Å². The molecule has 8 heteroatoms. The third-order valence-electron chi connectivity index (χ3n) is 7.44. The number of pyridine rings is 1. The largest absolute Gasteiger partial charge is 0.350 e. The number of hydrogen-bond donors (Lipinski definition) is 1. The van der Waals surface area contributed by atoms with Crippen molar-refractivity contribution in [1.82, 2.24) is 34.6 Å². The summed E-state index contributed by atoms with van der Waals surface area (Å²) < 4.78 is 1.81. The van der Waals surface area contributed by atoms with Crippen LogP contribution in [0.3, 0.4) is 0 Å². The molecular weight excluding hydrogens is 414 g/mol. The van der Waals surface area contributed by atoms with Crippen LogP contribution in [0.15, 0.2) is 36.9 Å². The molecule has 33 heavy (non-hydrogen) atoms. The summed E-state index contributed by atoms with van der Waals surface area (Å²) >= 11 is 0. The highest BCUT2D eigenvalue weighted by atomic mass is 16.1. The molecule has 3 aromatic rings. The van der Waals surface area contributed by atoms with E-state index in [2.05, 4.69) is 37.1 Å². The van der Waals surface area contributed by atoms with Crippen LogP contribution in [0.25, 0.3) is 17.0 Å². The molecule has 5 rings (SSSR count). The lowest BCUT2D eigenvalue weighted by atomic mass is 9.79. The molecule has 0 bridgehead atoms. The van der Waals surface area contributed by atoms with Gasteiger partial charge in [-0.2, -0.15) is 0 Å². The number of nitrogens with zero attached hydrogens (tertiary/aromatic N) is 6. The molecule has 0 unspecified atom stereocenters. The van der Waals surface area contributed by atoms with Crippen molar-refractivity contribution in [3.05, 3.63) is 48.0 Å². The minimum absolute atomic E-state index is 0.0511. The number of carbonyl (C=O) groups is 1. The molecule has 0 atom stereocenters. The van der Waals surface area contributed by atoms with Gasteiger partial charge < -0.3 is 10.2 Å². The molecular formula is C25H33N7O. The van der Waals surface area contributed by atoms with Gasteiger partial charge in [-0.3, -0.25) is 14.3 Å². The first-order valence-electron chi connectivity index (χ1n) is 12.0. The smallest absolute Gasteiger partial charge is 0.253 e. The molecule has 0 aromatic carbocycles. The lowest BCUT2D eigenvalue weighted by Crippen LogP contribution is -2.61. The van der Waals surface area contributed by atoms with Crippen LogP contribution in [-0.2, 0) is 0 Å². The Morgan fingerprint density at radius 1 is 1.03 bits per heavy atom. The number of hydrogen-bond acceptors (Lipinski definition) is 6. The Hall–Kier alpha value is -2.84. The molecule has 174 valence electrons. The summed E-state index contributed by atoms with van der Waals surface area (Å²) in [6.45, 7) is 7.02. The molecule has 1 aliphatic heterocycles. The van der Waals surface area contributed by atoms with Gasteiger partial charge in [-0.05, 0) is 44.5 Å². The van der Waals surface area contributed by atoms with Gasteiger partial charge in [0.2, 0.25) is 5.95 Å². The Kier molecular flexibility index (Phi) is 6.12. The van der Waals surface area contributed by atoms with E-state index in [0.717, 1.165) is 50.0 Å². The number of rotatable bonds is 5. The van der Waals surface area contributed by atoms with Crippen molar-refractivity contribution < 1.29 is 4.79 Å². The van der Waals surface area contributed by atoms with E-state index in [-0.39, 0.29) is 11.4 Å². The summed E-state index contributed by atoms with van der Waals surface area (Å²) in [6.07, 6.45) is 13.1. The fourth-order valence-corrected chi connectivity index (χ4v) is 5.49. The van der Waals surface area contributed by atoms with Crippen molar-refractivity contribution in [2.24, 2.45) is 0 Å². The fourth-order valence-electron chi connectivity index (χ4n) is 5.49. The quantitative estimate of drug-likeness (QED) is 0.648. The number of carbonyl (C=O) groups excluding carboxylic acids is 1. The van der Waals surface area contributed by atoms with Crippen LogP contribution in [-0.4, -0.2) is 80.5 Å². The van der Waals surface area contributed by atoms with Gasteiger partial charge in [0.15, 0.2) is 0 Å². The van der Waals surface area contributed by atoms with Gasteiger partial charge in [-0.15, -0.1) is 0 Å². The molecule has 1 saturated carbocycles. The molecule has 2 fully saturated rings. The summed E-state index contributed by atoms with van der Waals surface area (Å²) in [7, 11) is 2.19. The zero-order valence-electron chi connectivity index (χ0n) is 19.6. The molecule has 3 aromatic heterocycles. The number of piperazine rings is 1. The number of aryl methyl sites for hydroxylation is 1. The van der Waals surface area contributed by atoms with Gasteiger partial charge in [-0.1, -0.05) is 19.3 Å². The fraction of sp³-hybridized carbons (Fsp3) is 0.520. The van der Waals surface area contributed by atoms with Crippen LogP contribution in [0.1, 0.15) is 48.0 Å². The predicted molar refractivity (Wildman–Crippen MR) is 129 cm³/mol. The van der Waals surface area contributed by atoms with Gasteiger partial charge in [0.25, 0.3) is 5.91 Å². The summed E-state index contributed by atoms with van der Waals surface area (Å²) in [5.41, 5.74) is 2.42. The molecule has 1 saturated heterocycles. The Bertz CT molecular complexity index is 1110. The van der Waals surface area contributed by atoms with E-state index in [4.69, 9.17) is 0 Å². The van der Waals surface area contributed by atoms with Crippen molar-refractivity contribution in [1.29, 1.82) is 0 Å². The zero-order valence-corrected chi connectivity index (χ0v) is 19.6. The first-order chi connectivity index (χ1) is 16.1. The molecule has 2 aliphatic rings. The first kappa shape index (κ1) is 22.0. The van der Waals surface area contributed by atoms with Crippen LogP contribution < -0.4 is 5.32 Å². The second kappa shape index (κ2) is 9.19. The summed E-state index contributed by atoms with van der Waals surface area (Å²) in [5, 5.41) is 4.19. The molecule has 1 N–H and O–H groups in total. The van der Waals surface area contributed by atoms with Crippen molar-refractivity contribution in [2.75, 3.05) is 39.8 Å². The Morgan fingerprint density at radius 2 is 1.76 bits per heavy atom. The Balaban J connectivity index is 1.43. The van der Waals surface area contributed by atoms with Crippen molar-refractivity contribution >= 4 is 16.9 Å². The first-order valence-corrected chi connectivity index (χ1v) is 12.0. The van der Waals surface area contributed by atoms with Crippen LogP contribution in [0.2, 0.25) is 0 Å². The lowest BCUT2D eigenvalue weighted by molar-refractivity contribution is 0.0139. The number of aromatic nitrogens is 4. The number of amides is 1. The maximum absolute atomic E-state index is 13.6. The molecule has 1 aliphatic carbocycles. The second-order valence-electron chi connectivity index (χ2n) is 9.55. The van der Waals surface area contributed by atoms with E-state index in [1.54, 1.807) is 24.7 Å². The van der Waals surface area contributed by atoms with E-state index in [1.165, 1.54) is 19.3 Å². The summed E-state index contributed by atoms with van der Waals surface area (Å²) in [5.74, 6) is 0.464. The molecule has 0 spiro atoms. The lowest BCUT2D eigenvalue weighted by Gasteiger charge is -2.49. The average Bonchev–Trinajstić information content (AvgIpc) is 3.25. The Morgan fingerprint density at radius 3 is 2.48 bits per heavy atom. The minimum atomic E-state index is -0.0511. The van der Waals surface area contributed by atoms with E-state index < -0.39 is 0 Å². The zero-order chi connectivity index (χ0) is 22.8. The van der Waals surface area contributed by atoms with Crippen molar-refractivity contribution in [2.45, 2.75) is 44.6 Å². The number of fused-ring (bicyclic) bond motifs is 1. The van der Waals surface area contributed by atoms with Crippen molar-refractivity contribution in [3.63, 3.8) is 0 Å². The normalized spacial score (nSPS) is 19.6.